The monoisotopic (exact) mass is 394 g/mol. The van der Waals surface area contributed by atoms with E-state index in [1.807, 2.05) is 12.3 Å². The lowest BCUT2D eigenvalue weighted by Crippen LogP contribution is -2.37. The number of hydrogen-bond donors (Lipinski definition) is 3. The topological polar surface area (TPSA) is 89.5 Å². The number of hydrogen-bond acceptors (Lipinski definition) is 7. The van der Waals surface area contributed by atoms with E-state index in [4.69, 9.17) is 9.72 Å². The van der Waals surface area contributed by atoms with Crippen molar-refractivity contribution in [1.82, 2.24) is 15.0 Å². The summed E-state index contributed by atoms with van der Waals surface area (Å²) in [6, 6.07) is 10.3. The summed E-state index contributed by atoms with van der Waals surface area (Å²) in [5.74, 6) is 1.50. The molecule has 8 heteroatoms. The van der Waals surface area contributed by atoms with Gasteiger partial charge in [0.15, 0.2) is 5.82 Å². The van der Waals surface area contributed by atoms with Crippen LogP contribution in [-0.4, -0.2) is 65.6 Å². The van der Waals surface area contributed by atoms with Gasteiger partial charge in [0.1, 0.15) is 5.52 Å². The quantitative estimate of drug-likeness (QED) is 0.626. The molecule has 4 heterocycles. The van der Waals surface area contributed by atoms with Crippen LogP contribution in [-0.2, 0) is 4.74 Å². The number of rotatable bonds is 4. The first-order chi connectivity index (χ1) is 14.3. The van der Waals surface area contributed by atoms with Crippen LogP contribution in [0.15, 0.2) is 36.5 Å². The van der Waals surface area contributed by atoms with Gasteiger partial charge in [0.25, 0.3) is 0 Å². The van der Waals surface area contributed by atoms with E-state index in [-0.39, 0.29) is 6.10 Å². The molecule has 0 spiro atoms. The second-order valence-corrected chi connectivity index (χ2v) is 7.60. The van der Waals surface area contributed by atoms with E-state index >= 15 is 0 Å². The lowest BCUT2D eigenvalue weighted by atomic mass is 10.1. The Kier molecular flexibility index (Phi) is 4.95. The van der Waals surface area contributed by atoms with Crippen LogP contribution in [0.25, 0.3) is 11.0 Å². The molecule has 1 aromatic carbocycles. The van der Waals surface area contributed by atoms with Crippen LogP contribution < -0.4 is 15.1 Å². The first-order valence-corrected chi connectivity index (χ1v) is 10.2. The number of anilines is 4. The molecule has 3 aromatic rings. The SMILES string of the molecule is OC1CCN(c2ccc(Nc3nc(N4CCOCC4)c4[nH]ccc4n3)cc2)CC1. The van der Waals surface area contributed by atoms with E-state index in [1.165, 1.54) is 5.69 Å². The highest BCUT2D eigenvalue weighted by atomic mass is 16.5. The molecule has 0 unspecified atom stereocenters. The minimum absolute atomic E-state index is 0.159. The third-order valence-corrected chi connectivity index (χ3v) is 5.65. The number of morpholine rings is 1. The largest absolute Gasteiger partial charge is 0.393 e. The van der Waals surface area contributed by atoms with E-state index in [1.54, 1.807) is 0 Å². The fourth-order valence-electron chi connectivity index (χ4n) is 4.00. The maximum Gasteiger partial charge on any atom is 0.229 e. The number of ether oxygens (including phenoxy) is 1. The molecule has 3 N–H and O–H groups in total. The minimum Gasteiger partial charge on any atom is -0.393 e. The molecule has 5 rings (SSSR count). The van der Waals surface area contributed by atoms with Gasteiger partial charge >= 0.3 is 0 Å². The Hall–Kier alpha value is -2.84. The van der Waals surface area contributed by atoms with Crippen LogP contribution in [0.3, 0.4) is 0 Å². The first-order valence-electron chi connectivity index (χ1n) is 10.2. The fraction of sp³-hybridized carbons (Fsp3) is 0.429. The summed E-state index contributed by atoms with van der Waals surface area (Å²) >= 11 is 0. The van der Waals surface area contributed by atoms with E-state index in [0.29, 0.717) is 19.2 Å². The van der Waals surface area contributed by atoms with Crippen LogP contribution in [0.1, 0.15) is 12.8 Å². The average molecular weight is 394 g/mol. The van der Waals surface area contributed by atoms with Gasteiger partial charge < -0.3 is 29.9 Å². The van der Waals surface area contributed by atoms with Crippen LogP contribution in [0.2, 0.25) is 0 Å². The van der Waals surface area contributed by atoms with Crippen molar-refractivity contribution in [3.63, 3.8) is 0 Å². The zero-order valence-electron chi connectivity index (χ0n) is 16.3. The van der Waals surface area contributed by atoms with E-state index in [0.717, 1.165) is 61.6 Å². The van der Waals surface area contributed by atoms with Crippen molar-refractivity contribution in [2.45, 2.75) is 18.9 Å². The molecule has 0 atom stereocenters. The molecule has 2 fully saturated rings. The van der Waals surface area contributed by atoms with E-state index < -0.39 is 0 Å². The number of fused-ring (bicyclic) bond motifs is 1. The van der Waals surface area contributed by atoms with Gasteiger partial charge in [-0.15, -0.1) is 0 Å². The fourth-order valence-corrected chi connectivity index (χ4v) is 4.00. The number of piperidine rings is 1. The van der Waals surface area contributed by atoms with Gasteiger partial charge in [-0.3, -0.25) is 0 Å². The highest BCUT2D eigenvalue weighted by Gasteiger charge is 2.19. The van der Waals surface area contributed by atoms with Crippen molar-refractivity contribution in [1.29, 1.82) is 0 Å². The lowest BCUT2D eigenvalue weighted by molar-refractivity contribution is 0.122. The summed E-state index contributed by atoms with van der Waals surface area (Å²) in [6.45, 7) is 4.86. The van der Waals surface area contributed by atoms with Gasteiger partial charge in [-0.05, 0) is 43.2 Å². The van der Waals surface area contributed by atoms with Crippen LogP contribution in [0, 0.1) is 0 Å². The maximum absolute atomic E-state index is 9.70. The zero-order chi connectivity index (χ0) is 19.6. The molecule has 152 valence electrons. The Morgan fingerprint density at radius 3 is 2.48 bits per heavy atom. The van der Waals surface area contributed by atoms with Crippen molar-refractivity contribution in [2.75, 3.05) is 54.5 Å². The van der Waals surface area contributed by atoms with E-state index in [2.05, 4.69) is 49.4 Å². The van der Waals surface area contributed by atoms with Gasteiger partial charge in [-0.25, -0.2) is 4.98 Å². The highest BCUT2D eigenvalue weighted by molar-refractivity contribution is 5.87. The number of H-pyrrole nitrogens is 1. The molecule has 2 aliphatic heterocycles. The lowest BCUT2D eigenvalue weighted by Gasteiger charge is -2.31. The van der Waals surface area contributed by atoms with Gasteiger partial charge in [-0.1, -0.05) is 0 Å². The number of aromatic nitrogens is 3. The molecule has 2 saturated heterocycles. The summed E-state index contributed by atoms with van der Waals surface area (Å²) in [5.41, 5.74) is 3.99. The van der Waals surface area contributed by atoms with Crippen molar-refractivity contribution in [2.24, 2.45) is 0 Å². The molecular formula is C21H26N6O2. The number of nitrogens with zero attached hydrogens (tertiary/aromatic N) is 4. The molecule has 2 aromatic heterocycles. The van der Waals surface area contributed by atoms with E-state index in [9.17, 15) is 5.11 Å². The average Bonchev–Trinajstić information content (AvgIpc) is 3.24. The normalized spacial score (nSPS) is 18.4. The predicted molar refractivity (Wildman–Crippen MR) is 114 cm³/mol. The van der Waals surface area contributed by atoms with Crippen LogP contribution >= 0.6 is 0 Å². The molecule has 0 saturated carbocycles. The van der Waals surface area contributed by atoms with Crippen molar-refractivity contribution >= 4 is 34.2 Å². The molecule has 2 aliphatic rings. The van der Waals surface area contributed by atoms with Gasteiger partial charge in [0.05, 0.1) is 24.8 Å². The second-order valence-electron chi connectivity index (χ2n) is 7.60. The Bertz CT molecular complexity index is 959. The molecule has 0 aliphatic carbocycles. The molecular weight excluding hydrogens is 368 g/mol. The second kappa shape index (κ2) is 7.88. The van der Waals surface area contributed by atoms with Gasteiger partial charge in [-0.2, -0.15) is 4.98 Å². The Labute approximate surface area is 169 Å². The third kappa shape index (κ3) is 3.86. The Morgan fingerprint density at radius 1 is 0.966 bits per heavy atom. The standard InChI is InChI=1S/C21H26N6O2/c28-17-6-9-26(10-7-17)16-3-1-15(2-4-16)23-21-24-18-5-8-22-19(18)20(25-21)27-11-13-29-14-12-27/h1-5,8,17,22,28H,6-7,9-14H2,(H,23,24,25). The highest BCUT2D eigenvalue weighted by Crippen LogP contribution is 2.27. The molecule has 0 bridgehead atoms. The van der Waals surface area contributed by atoms with Gasteiger partial charge in [0.2, 0.25) is 5.95 Å². The van der Waals surface area contributed by atoms with Crippen molar-refractivity contribution in [3.8, 4) is 0 Å². The number of aromatic amines is 1. The Balaban J connectivity index is 1.36. The predicted octanol–water partition coefficient (Wildman–Crippen LogP) is 2.50. The number of nitrogens with one attached hydrogen (secondary N) is 2. The molecule has 29 heavy (non-hydrogen) atoms. The first kappa shape index (κ1) is 18.2. The zero-order valence-corrected chi connectivity index (χ0v) is 16.3. The number of benzene rings is 1. The van der Waals surface area contributed by atoms with Crippen molar-refractivity contribution < 1.29 is 9.84 Å². The summed E-state index contributed by atoms with van der Waals surface area (Å²) in [4.78, 5) is 17.3. The molecule has 0 radical (unpaired) electrons. The van der Waals surface area contributed by atoms with Crippen LogP contribution in [0.5, 0.6) is 0 Å². The number of aliphatic hydroxyl groups excluding tert-OH is 1. The summed E-state index contributed by atoms with van der Waals surface area (Å²) in [6.07, 6.45) is 3.40. The molecule has 0 amide bonds. The maximum atomic E-state index is 9.70. The smallest absolute Gasteiger partial charge is 0.229 e. The van der Waals surface area contributed by atoms with Crippen molar-refractivity contribution in [3.05, 3.63) is 36.5 Å². The minimum atomic E-state index is -0.159. The molecule has 8 nitrogen and oxygen atoms in total. The van der Waals surface area contributed by atoms with Gasteiger partial charge in [0, 0.05) is 43.8 Å². The number of aliphatic hydroxyl groups is 1. The summed E-state index contributed by atoms with van der Waals surface area (Å²) < 4.78 is 5.48. The van der Waals surface area contributed by atoms with Crippen LogP contribution in [0.4, 0.5) is 23.1 Å². The Morgan fingerprint density at radius 2 is 1.72 bits per heavy atom. The summed E-state index contributed by atoms with van der Waals surface area (Å²) in [5, 5.41) is 13.0. The third-order valence-electron chi connectivity index (χ3n) is 5.65. The summed E-state index contributed by atoms with van der Waals surface area (Å²) in [7, 11) is 0.